The van der Waals surface area contributed by atoms with Crippen LogP contribution in [-0.2, 0) is 11.3 Å². The van der Waals surface area contributed by atoms with Crippen LogP contribution in [0, 0.1) is 0 Å². The van der Waals surface area contributed by atoms with E-state index in [1.165, 1.54) is 0 Å². The molecule has 0 aliphatic carbocycles. The number of thiazole rings is 1. The third-order valence-electron chi connectivity index (χ3n) is 3.73. The summed E-state index contributed by atoms with van der Waals surface area (Å²) >= 11 is 1.61. The van der Waals surface area contributed by atoms with E-state index in [1.807, 2.05) is 55.5 Å². The van der Waals surface area contributed by atoms with Crippen LogP contribution in [0.15, 0.2) is 48.5 Å². The quantitative estimate of drug-likeness (QED) is 0.574. The van der Waals surface area contributed by atoms with Gasteiger partial charge >= 0.3 is 0 Å². The van der Waals surface area contributed by atoms with Crippen LogP contribution in [0.1, 0.15) is 24.8 Å². The molecule has 1 aromatic heterocycles. The number of para-hydroxylation sites is 3. The zero-order valence-electron chi connectivity index (χ0n) is 14.7. The summed E-state index contributed by atoms with van der Waals surface area (Å²) in [6, 6.07) is 15.5. The zero-order valence-corrected chi connectivity index (χ0v) is 15.6. The van der Waals surface area contributed by atoms with Crippen LogP contribution in [0.3, 0.4) is 0 Å². The van der Waals surface area contributed by atoms with Crippen molar-refractivity contribution in [2.45, 2.75) is 26.3 Å². The van der Waals surface area contributed by atoms with Crippen LogP contribution >= 0.6 is 11.3 Å². The summed E-state index contributed by atoms with van der Waals surface area (Å²) in [5.74, 6) is 1.45. The number of nitrogens with zero attached hydrogens (tertiary/aromatic N) is 1. The van der Waals surface area contributed by atoms with Crippen molar-refractivity contribution >= 4 is 27.5 Å². The predicted octanol–water partition coefficient (Wildman–Crippen LogP) is 4.17. The fraction of sp³-hybridized carbons (Fsp3) is 0.300. The van der Waals surface area contributed by atoms with Gasteiger partial charge in [-0.25, -0.2) is 4.98 Å². The molecule has 0 saturated heterocycles. The van der Waals surface area contributed by atoms with Gasteiger partial charge in [0.05, 0.1) is 30.0 Å². The molecule has 0 saturated carbocycles. The molecule has 5 nitrogen and oxygen atoms in total. The third-order valence-corrected chi connectivity index (χ3v) is 4.77. The molecule has 1 heterocycles. The number of carbonyl (C=O) groups is 1. The van der Waals surface area contributed by atoms with Gasteiger partial charge in [-0.15, -0.1) is 11.3 Å². The van der Waals surface area contributed by atoms with Crippen molar-refractivity contribution in [2.75, 3.05) is 13.2 Å². The second-order valence-electron chi connectivity index (χ2n) is 5.68. The molecule has 0 spiro atoms. The number of carbonyl (C=O) groups excluding carboxylic acids is 1. The molecular weight excluding hydrogens is 348 g/mol. The molecule has 0 unspecified atom stereocenters. The lowest BCUT2D eigenvalue weighted by atomic mass is 10.3. The first kappa shape index (κ1) is 18.2. The maximum atomic E-state index is 12.0. The minimum atomic E-state index is 0.00551. The molecule has 3 aromatic rings. The molecule has 0 atom stereocenters. The Labute approximate surface area is 157 Å². The Morgan fingerprint density at radius 3 is 2.58 bits per heavy atom. The van der Waals surface area contributed by atoms with Crippen LogP contribution in [0.5, 0.6) is 11.5 Å². The monoisotopic (exact) mass is 370 g/mol. The van der Waals surface area contributed by atoms with Crippen LogP contribution in [-0.4, -0.2) is 24.1 Å². The Hall–Kier alpha value is -2.60. The highest BCUT2D eigenvalue weighted by Gasteiger charge is 2.07. The van der Waals surface area contributed by atoms with E-state index in [0.29, 0.717) is 38.3 Å². The highest BCUT2D eigenvalue weighted by molar-refractivity contribution is 7.18. The normalized spacial score (nSPS) is 10.7. The van der Waals surface area contributed by atoms with Gasteiger partial charge in [0.2, 0.25) is 5.91 Å². The molecule has 6 heteroatoms. The first-order valence-electron chi connectivity index (χ1n) is 8.72. The summed E-state index contributed by atoms with van der Waals surface area (Å²) in [5, 5.41) is 3.84. The van der Waals surface area contributed by atoms with E-state index < -0.39 is 0 Å². The number of amides is 1. The largest absolute Gasteiger partial charge is 0.490 e. The minimum absolute atomic E-state index is 0.00551. The summed E-state index contributed by atoms with van der Waals surface area (Å²) in [7, 11) is 0. The lowest BCUT2D eigenvalue weighted by molar-refractivity contribution is -0.121. The van der Waals surface area contributed by atoms with Gasteiger partial charge in [0.1, 0.15) is 5.01 Å². The van der Waals surface area contributed by atoms with E-state index in [1.54, 1.807) is 11.3 Å². The first-order chi connectivity index (χ1) is 12.8. The fourth-order valence-corrected chi connectivity index (χ4v) is 3.42. The van der Waals surface area contributed by atoms with Crippen molar-refractivity contribution in [3.63, 3.8) is 0 Å². The lowest BCUT2D eigenvalue weighted by Gasteiger charge is -2.11. The van der Waals surface area contributed by atoms with Gasteiger partial charge in [-0.3, -0.25) is 4.79 Å². The van der Waals surface area contributed by atoms with E-state index in [0.717, 1.165) is 21.0 Å². The second kappa shape index (κ2) is 9.20. The van der Waals surface area contributed by atoms with Crippen LogP contribution in [0.25, 0.3) is 10.2 Å². The fourth-order valence-electron chi connectivity index (χ4n) is 2.52. The number of hydrogen-bond donors (Lipinski definition) is 1. The first-order valence-corrected chi connectivity index (χ1v) is 9.53. The topological polar surface area (TPSA) is 60.5 Å². The smallest absolute Gasteiger partial charge is 0.220 e. The molecule has 3 rings (SSSR count). The Bertz CT molecular complexity index is 830. The molecule has 136 valence electrons. The highest BCUT2D eigenvalue weighted by Crippen LogP contribution is 2.26. The van der Waals surface area contributed by atoms with Crippen molar-refractivity contribution < 1.29 is 14.3 Å². The number of nitrogens with one attached hydrogen (secondary N) is 1. The number of fused-ring (bicyclic) bond motifs is 1. The number of rotatable bonds is 9. The van der Waals surface area contributed by atoms with E-state index in [-0.39, 0.29) is 5.91 Å². The molecule has 0 radical (unpaired) electrons. The average molecular weight is 370 g/mol. The summed E-state index contributed by atoms with van der Waals surface area (Å²) < 4.78 is 12.4. The van der Waals surface area contributed by atoms with E-state index in [9.17, 15) is 4.79 Å². The molecule has 1 N–H and O–H groups in total. The molecular formula is C20H22N2O3S. The Morgan fingerprint density at radius 1 is 1.08 bits per heavy atom. The summed E-state index contributed by atoms with van der Waals surface area (Å²) in [5.41, 5.74) is 0.975. The van der Waals surface area contributed by atoms with Crippen molar-refractivity contribution in [3.05, 3.63) is 53.5 Å². The third kappa shape index (κ3) is 4.95. The maximum Gasteiger partial charge on any atom is 0.220 e. The Balaban J connectivity index is 1.39. The predicted molar refractivity (Wildman–Crippen MR) is 104 cm³/mol. The molecule has 0 aliphatic rings. The van der Waals surface area contributed by atoms with Crippen LogP contribution < -0.4 is 14.8 Å². The molecule has 0 fully saturated rings. The van der Waals surface area contributed by atoms with E-state index >= 15 is 0 Å². The minimum Gasteiger partial charge on any atom is -0.490 e. The zero-order chi connectivity index (χ0) is 18.2. The van der Waals surface area contributed by atoms with Crippen LogP contribution in [0.4, 0.5) is 0 Å². The second-order valence-corrected chi connectivity index (χ2v) is 6.80. The van der Waals surface area contributed by atoms with Gasteiger partial charge < -0.3 is 14.8 Å². The van der Waals surface area contributed by atoms with Crippen molar-refractivity contribution in [1.29, 1.82) is 0 Å². The Kier molecular flexibility index (Phi) is 6.44. The van der Waals surface area contributed by atoms with Crippen molar-refractivity contribution in [3.8, 4) is 11.5 Å². The molecule has 0 bridgehead atoms. The van der Waals surface area contributed by atoms with Gasteiger partial charge in [0.15, 0.2) is 11.5 Å². The van der Waals surface area contributed by atoms with Gasteiger partial charge in [0, 0.05) is 6.42 Å². The summed E-state index contributed by atoms with van der Waals surface area (Å²) in [6.45, 7) is 3.46. The molecule has 2 aromatic carbocycles. The highest BCUT2D eigenvalue weighted by atomic mass is 32.1. The summed E-state index contributed by atoms with van der Waals surface area (Å²) in [6.07, 6.45) is 1.06. The maximum absolute atomic E-state index is 12.0. The Morgan fingerprint density at radius 2 is 1.81 bits per heavy atom. The molecule has 26 heavy (non-hydrogen) atoms. The molecule has 1 amide bonds. The number of aromatic nitrogens is 1. The van der Waals surface area contributed by atoms with Gasteiger partial charge in [-0.1, -0.05) is 24.3 Å². The standard InChI is InChI=1S/C20H22N2O3S/c1-2-24-16-9-4-5-10-17(16)25-13-7-12-19(23)21-14-20-22-15-8-3-6-11-18(15)26-20/h3-6,8-11H,2,7,12-14H2,1H3,(H,21,23). The number of ether oxygens (including phenoxy) is 2. The van der Waals surface area contributed by atoms with Crippen molar-refractivity contribution in [1.82, 2.24) is 10.3 Å². The summed E-state index contributed by atoms with van der Waals surface area (Å²) in [4.78, 5) is 16.5. The van der Waals surface area contributed by atoms with E-state index in [2.05, 4.69) is 10.3 Å². The van der Waals surface area contributed by atoms with Gasteiger partial charge in [0.25, 0.3) is 0 Å². The average Bonchev–Trinajstić information content (AvgIpc) is 3.08. The van der Waals surface area contributed by atoms with E-state index in [4.69, 9.17) is 9.47 Å². The van der Waals surface area contributed by atoms with Crippen molar-refractivity contribution in [2.24, 2.45) is 0 Å². The van der Waals surface area contributed by atoms with Crippen LogP contribution in [0.2, 0.25) is 0 Å². The SMILES string of the molecule is CCOc1ccccc1OCCCC(=O)NCc1nc2ccccc2s1. The molecule has 0 aliphatic heterocycles. The number of hydrogen-bond acceptors (Lipinski definition) is 5. The van der Waals surface area contributed by atoms with Gasteiger partial charge in [-0.2, -0.15) is 0 Å². The number of benzene rings is 2. The van der Waals surface area contributed by atoms with Gasteiger partial charge in [-0.05, 0) is 37.6 Å². The lowest BCUT2D eigenvalue weighted by Crippen LogP contribution is -2.22.